The molecule has 0 aliphatic heterocycles. The molecular formula is C16H14FN3O. The van der Waals surface area contributed by atoms with Crippen molar-refractivity contribution >= 4 is 10.9 Å². The molecule has 0 fully saturated rings. The Bertz CT molecular complexity index is 815. The summed E-state index contributed by atoms with van der Waals surface area (Å²) in [6.07, 6.45) is 4.73. The summed E-state index contributed by atoms with van der Waals surface area (Å²) in [6, 6.07) is 10.2. The Balaban J connectivity index is 1.80. The molecule has 0 spiro atoms. The molecule has 0 aliphatic rings. The van der Waals surface area contributed by atoms with Gasteiger partial charge in [0.05, 0.1) is 11.8 Å². The summed E-state index contributed by atoms with van der Waals surface area (Å²) < 4.78 is 15.2. The molecule has 0 N–H and O–H groups in total. The average Bonchev–Trinajstić information content (AvgIpc) is 2.51. The molecule has 0 atom stereocenters. The second-order valence-electron chi connectivity index (χ2n) is 4.80. The van der Waals surface area contributed by atoms with Crippen LogP contribution in [0.15, 0.2) is 53.7 Å². The van der Waals surface area contributed by atoms with Gasteiger partial charge in [-0.3, -0.25) is 14.3 Å². The van der Waals surface area contributed by atoms with Crippen molar-refractivity contribution in [3.63, 3.8) is 0 Å². The molecule has 3 aromatic rings. The first-order valence-corrected chi connectivity index (χ1v) is 6.79. The number of rotatable bonds is 4. The fourth-order valence-electron chi connectivity index (χ4n) is 2.30. The van der Waals surface area contributed by atoms with E-state index in [1.165, 1.54) is 17.0 Å². The quantitative estimate of drug-likeness (QED) is 0.739. The zero-order valence-electron chi connectivity index (χ0n) is 11.4. The molecule has 0 saturated heterocycles. The van der Waals surface area contributed by atoms with Gasteiger partial charge in [-0.2, -0.15) is 0 Å². The Kier molecular flexibility index (Phi) is 3.73. The monoisotopic (exact) mass is 283 g/mol. The molecule has 1 aromatic carbocycles. The molecule has 0 radical (unpaired) electrons. The van der Waals surface area contributed by atoms with Crippen LogP contribution in [0, 0.1) is 5.82 Å². The van der Waals surface area contributed by atoms with E-state index in [0.29, 0.717) is 12.1 Å². The highest BCUT2D eigenvalue weighted by atomic mass is 19.1. The van der Waals surface area contributed by atoms with E-state index in [1.807, 2.05) is 18.2 Å². The van der Waals surface area contributed by atoms with Crippen LogP contribution in [0.25, 0.3) is 10.9 Å². The summed E-state index contributed by atoms with van der Waals surface area (Å²) in [5, 5.41) is 0.0536. The van der Waals surface area contributed by atoms with E-state index in [1.54, 1.807) is 18.3 Å². The van der Waals surface area contributed by atoms with E-state index in [4.69, 9.17) is 0 Å². The third-order valence-electron chi connectivity index (χ3n) is 3.36. The predicted molar refractivity (Wildman–Crippen MR) is 78.5 cm³/mol. The topological polar surface area (TPSA) is 47.8 Å². The number of aromatic nitrogens is 3. The zero-order chi connectivity index (χ0) is 14.7. The Morgan fingerprint density at radius 1 is 1.10 bits per heavy atom. The van der Waals surface area contributed by atoms with Crippen LogP contribution in [-0.4, -0.2) is 14.5 Å². The van der Waals surface area contributed by atoms with E-state index in [-0.39, 0.29) is 10.9 Å². The maximum atomic E-state index is 13.8. The minimum atomic E-state index is -0.524. The van der Waals surface area contributed by atoms with Gasteiger partial charge in [0.1, 0.15) is 11.2 Å². The summed E-state index contributed by atoms with van der Waals surface area (Å²) in [7, 11) is 0. The van der Waals surface area contributed by atoms with Gasteiger partial charge in [-0.25, -0.2) is 9.37 Å². The van der Waals surface area contributed by atoms with Gasteiger partial charge >= 0.3 is 0 Å². The Morgan fingerprint density at radius 2 is 2.00 bits per heavy atom. The second kappa shape index (κ2) is 5.83. The average molecular weight is 283 g/mol. The molecule has 21 heavy (non-hydrogen) atoms. The molecule has 2 aromatic heterocycles. The van der Waals surface area contributed by atoms with Crippen LogP contribution in [0.3, 0.4) is 0 Å². The van der Waals surface area contributed by atoms with Gasteiger partial charge in [0.15, 0.2) is 0 Å². The van der Waals surface area contributed by atoms with Gasteiger partial charge in [0.2, 0.25) is 0 Å². The zero-order valence-corrected chi connectivity index (χ0v) is 11.4. The van der Waals surface area contributed by atoms with Crippen LogP contribution in [0.2, 0.25) is 0 Å². The molecule has 5 heteroatoms. The number of nitrogens with zero attached hydrogens (tertiary/aromatic N) is 3. The van der Waals surface area contributed by atoms with Crippen molar-refractivity contribution in [2.24, 2.45) is 0 Å². The maximum absolute atomic E-state index is 13.8. The fourth-order valence-corrected chi connectivity index (χ4v) is 2.30. The smallest absolute Gasteiger partial charge is 0.264 e. The number of halogens is 1. The Hall–Kier alpha value is -2.56. The highest BCUT2D eigenvalue weighted by Crippen LogP contribution is 2.10. The lowest BCUT2D eigenvalue weighted by Crippen LogP contribution is -2.21. The fraction of sp³-hybridized carbons (Fsp3) is 0.188. The number of pyridine rings is 1. The van der Waals surface area contributed by atoms with Crippen molar-refractivity contribution in [1.29, 1.82) is 0 Å². The van der Waals surface area contributed by atoms with Crippen molar-refractivity contribution in [2.45, 2.75) is 19.4 Å². The number of hydrogen-bond donors (Lipinski definition) is 0. The molecule has 0 amide bonds. The lowest BCUT2D eigenvalue weighted by molar-refractivity contribution is 0.603. The normalized spacial score (nSPS) is 10.9. The minimum absolute atomic E-state index is 0.0536. The first-order valence-electron chi connectivity index (χ1n) is 6.79. The minimum Gasteiger partial charge on any atom is -0.299 e. The molecule has 4 nitrogen and oxygen atoms in total. The molecule has 2 heterocycles. The van der Waals surface area contributed by atoms with Crippen molar-refractivity contribution in [3.8, 4) is 0 Å². The van der Waals surface area contributed by atoms with Crippen LogP contribution >= 0.6 is 0 Å². The van der Waals surface area contributed by atoms with Gasteiger partial charge in [-0.1, -0.05) is 12.1 Å². The second-order valence-corrected chi connectivity index (χ2v) is 4.80. The summed E-state index contributed by atoms with van der Waals surface area (Å²) in [5.41, 5.74) is 1.03. The van der Waals surface area contributed by atoms with E-state index in [0.717, 1.165) is 18.5 Å². The van der Waals surface area contributed by atoms with Gasteiger partial charge in [-0.15, -0.1) is 0 Å². The van der Waals surface area contributed by atoms with Crippen LogP contribution in [0.5, 0.6) is 0 Å². The Morgan fingerprint density at radius 3 is 2.81 bits per heavy atom. The molecule has 0 aliphatic carbocycles. The van der Waals surface area contributed by atoms with Crippen molar-refractivity contribution in [2.75, 3.05) is 0 Å². The van der Waals surface area contributed by atoms with Crippen molar-refractivity contribution in [1.82, 2.24) is 14.5 Å². The summed E-state index contributed by atoms with van der Waals surface area (Å²) in [5.74, 6) is -0.524. The van der Waals surface area contributed by atoms with E-state index < -0.39 is 5.82 Å². The van der Waals surface area contributed by atoms with Crippen LogP contribution in [0.4, 0.5) is 4.39 Å². The predicted octanol–water partition coefficient (Wildman–Crippen LogP) is 2.56. The van der Waals surface area contributed by atoms with Crippen molar-refractivity contribution in [3.05, 3.63) is 70.8 Å². The SMILES string of the molecule is O=c1c2c(F)cccc2ncn1CCCc1ccccn1. The number of benzene rings is 1. The molecule has 0 unspecified atom stereocenters. The third-order valence-corrected chi connectivity index (χ3v) is 3.36. The van der Waals surface area contributed by atoms with Crippen LogP contribution in [0.1, 0.15) is 12.1 Å². The number of aryl methyl sites for hydroxylation is 2. The standard InChI is InChI=1S/C16H14FN3O/c17-13-7-3-8-14-15(13)16(21)20(11-19-14)10-4-6-12-5-1-2-9-18-12/h1-3,5,7-9,11H,4,6,10H2. The molecule has 106 valence electrons. The third kappa shape index (κ3) is 2.81. The summed E-state index contributed by atoms with van der Waals surface area (Å²) in [6.45, 7) is 0.493. The molecule has 0 bridgehead atoms. The van der Waals surface area contributed by atoms with E-state index in [9.17, 15) is 9.18 Å². The van der Waals surface area contributed by atoms with Gasteiger partial charge in [0, 0.05) is 18.4 Å². The van der Waals surface area contributed by atoms with Gasteiger partial charge < -0.3 is 0 Å². The number of fused-ring (bicyclic) bond motifs is 1. The maximum Gasteiger partial charge on any atom is 0.264 e. The van der Waals surface area contributed by atoms with E-state index >= 15 is 0 Å². The van der Waals surface area contributed by atoms with Gasteiger partial charge in [-0.05, 0) is 37.1 Å². The molecular weight excluding hydrogens is 269 g/mol. The highest BCUT2D eigenvalue weighted by molar-refractivity contribution is 5.77. The summed E-state index contributed by atoms with van der Waals surface area (Å²) >= 11 is 0. The Labute approximate surface area is 120 Å². The molecule has 0 saturated carbocycles. The van der Waals surface area contributed by atoms with Crippen molar-refractivity contribution < 1.29 is 4.39 Å². The van der Waals surface area contributed by atoms with E-state index in [2.05, 4.69) is 9.97 Å². The lowest BCUT2D eigenvalue weighted by atomic mass is 10.2. The van der Waals surface area contributed by atoms with Crippen LogP contribution in [-0.2, 0) is 13.0 Å². The first-order chi connectivity index (χ1) is 10.3. The van der Waals surface area contributed by atoms with Crippen LogP contribution < -0.4 is 5.56 Å². The highest BCUT2D eigenvalue weighted by Gasteiger charge is 2.08. The molecule has 3 rings (SSSR count). The number of hydrogen-bond acceptors (Lipinski definition) is 3. The lowest BCUT2D eigenvalue weighted by Gasteiger charge is -2.06. The first kappa shape index (κ1) is 13.4. The largest absolute Gasteiger partial charge is 0.299 e. The summed E-state index contributed by atoms with van der Waals surface area (Å²) in [4.78, 5) is 20.6. The van der Waals surface area contributed by atoms with Gasteiger partial charge in [0.25, 0.3) is 5.56 Å².